The number of ether oxygens (including phenoxy) is 1. The molecule has 0 aliphatic rings. The van der Waals surface area contributed by atoms with Gasteiger partial charge in [0.2, 0.25) is 0 Å². The van der Waals surface area contributed by atoms with Crippen LogP contribution in [0.3, 0.4) is 0 Å². The summed E-state index contributed by atoms with van der Waals surface area (Å²) in [6, 6.07) is 8.15. The molecular formula is C21H35NO2. The Morgan fingerprint density at radius 3 is 2.17 bits per heavy atom. The lowest BCUT2D eigenvalue weighted by Crippen LogP contribution is -2.29. The summed E-state index contributed by atoms with van der Waals surface area (Å²) in [4.78, 5) is 12.4. The van der Waals surface area contributed by atoms with Crippen molar-refractivity contribution in [2.45, 2.75) is 85.8 Å². The molecule has 1 N–H and O–H groups in total. The highest BCUT2D eigenvalue weighted by Crippen LogP contribution is 2.30. The fraction of sp³-hybridized carbons (Fsp3) is 0.667. The lowest BCUT2D eigenvalue weighted by Gasteiger charge is -2.26. The number of anilines is 1. The lowest BCUT2D eigenvalue weighted by molar-refractivity contribution is -0.157. The Morgan fingerprint density at radius 2 is 1.67 bits per heavy atom. The zero-order valence-corrected chi connectivity index (χ0v) is 16.4. The van der Waals surface area contributed by atoms with Crippen LogP contribution >= 0.6 is 0 Å². The zero-order valence-electron chi connectivity index (χ0n) is 16.4. The third kappa shape index (κ3) is 6.18. The van der Waals surface area contributed by atoms with Gasteiger partial charge in [-0.05, 0) is 57.7 Å². The van der Waals surface area contributed by atoms with Gasteiger partial charge in [0.1, 0.15) is 6.61 Å². The number of rotatable bonds is 10. The molecule has 0 radical (unpaired) electrons. The first-order chi connectivity index (χ1) is 11.3. The van der Waals surface area contributed by atoms with E-state index in [1.807, 2.05) is 19.1 Å². The van der Waals surface area contributed by atoms with Gasteiger partial charge in [0.25, 0.3) is 0 Å². The number of esters is 1. The Balaban J connectivity index is 2.59. The Labute approximate surface area is 148 Å². The fourth-order valence-corrected chi connectivity index (χ4v) is 2.48. The van der Waals surface area contributed by atoms with E-state index >= 15 is 0 Å². The number of hydrogen-bond acceptors (Lipinski definition) is 3. The molecule has 0 amide bonds. The highest BCUT2D eigenvalue weighted by Gasteiger charge is 2.32. The monoisotopic (exact) mass is 333 g/mol. The van der Waals surface area contributed by atoms with Gasteiger partial charge >= 0.3 is 5.97 Å². The second kappa shape index (κ2) is 9.10. The van der Waals surface area contributed by atoms with Gasteiger partial charge in [0.05, 0.1) is 5.41 Å². The van der Waals surface area contributed by atoms with E-state index < -0.39 is 0 Å². The van der Waals surface area contributed by atoms with Gasteiger partial charge in [-0.2, -0.15) is 0 Å². The molecule has 0 fully saturated rings. The molecule has 3 heteroatoms. The van der Waals surface area contributed by atoms with Crippen LogP contribution in [0.5, 0.6) is 0 Å². The van der Waals surface area contributed by atoms with Crippen LogP contribution in [-0.4, -0.2) is 11.5 Å². The van der Waals surface area contributed by atoms with Crippen LogP contribution in [0.25, 0.3) is 0 Å². The van der Waals surface area contributed by atoms with Crippen molar-refractivity contribution in [3.8, 4) is 0 Å². The first-order valence-electron chi connectivity index (χ1n) is 9.30. The van der Waals surface area contributed by atoms with Gasteiger partial charge < -0.3 is 10.1 Å². The van der Waals surface area contributed by atoms with E-state index in [9.17, 15) is 4.79 Å². The van der Waals surface area contributed by atoms with Crippen molar-refractivity contribution in [2.24, 2.45) is 5.41 Å². The minimum Gasteiger partial charge on any atom is -0.460 e. The standard InChI is InChI=1S/C21H35NO2/c1-7-10-15-21(6,9-3)19(23)24-16-17-11-13-18(14-12-17)22-20(4,5)8-2/h11-14,22H,7-10,15-16H2,1-6H3. The molecule has 0 saturated heterocycles. The molecule has 1 atom stereocenters. The van der Waals surface area contributed by atoms with Crippen molar-refractivity contribution in [1.29, 1.82) is 0 Å². The van der Waals surface area contributed by atoms with E-state index in [2.05, 4.69) is 52.1 Å². The molecule has 24 heavy (non-hydrogen) atoms. The molecule has 0 aliphatic heterocycles. The number of nitrogens with one attached hydrogen (secondary N) is 1. The first kappa shape index (κ1) is 20.5. The largest absolute Gasteiger partial charge is 0.460 e. The average Bonchev–Trinajstić information content (AvgIpc) is 2.58. The van der Waals surface area contributed by atoms with Crippen molar-refractivity contribution in [3.63, 3.8) is 0 Å². The summed E-state index contributed by atoms with van der Waals surface area (Å²) in [6.45, 7) is 13.1. The third-order valence-electron chi connectivity index (χ3n) is 5.05. The van der Waals surface area contributed by atoms with Crippen LogP contribution in [0, 0.1) is 5.41 Å². The SMILES string of the molecule is CCCCC(C)(CC)C(=O)OCc1ccc(NC(C)(C)CC)cc1. The highest BCUT2D eigenvalue weighted by atomic mass is 16.5. The van der Waals surface area contributed by atoms with Crippen molar-refractivity contribution >= 4 is 11.7 Å². The minimum absolute atomic E-state index is 0.0761. The summed E-state index contributed by atoms with van der Waals surface area (Å²) in [5, 5.41) is 3.51. The molecule has 0 bridgehead atoms. The van der Waals surface area contributed by atoms with Gasteiger partial charge in [-0.1, -0.05) is 45.7 Å². The summed E-state index contributed by atoms with van der Waals surface area (Å²) in [6.07, 6.45) is 4.94. The van der Waals surface area contributed by atoms with Gasteiger partial charge in [-0.15, -0.1) is 0 Å². The quantitative estimate of drug-likeness (QED) is 0.539. The second-order valence-electron chi connectivity index (χ2n) is 7.65. The molecule has 136 valence electrons. The maximum atomic E-state index is 12.4. The minimum atomic E-state index is -0.358. The normalized spacial score (nSPS) is 14.1. The number of carbonyl (C=O) groups is 1. The van der Waals surface area contributed by atoms with Crippen LogP contribution in [0.15, 0.2) is 24.3 Å². The average molecular weight is 334 g/mol. The van der Waals surface area contributed by atoms with E-state index in [1.165, 1.54) is 0 Å². The van der Waals surface area contributed by atoms with Crippen LogP contribution in [0.4, 0.5) is 5.69 Å². The molecule has 0 heterocycles. The maximum absolute atomic E-state index is 12.4. The maximum Gasteiger partial charge on any atom is 0.312 e. The Hall–Kier alpha value is -1.51. The second-order valence-corrected chi connectivity index (χ2v) is 7.65. The van der Waals surface area contributed by atoms with Crippen LogP contribution in [-0.2, 0) is 16.1 Å². The predicted molar refractivity (Wildman–Crippen MR) is 102 cm³/mol. The zero-order chi connectivity index (χ0) is 18.2. The van der Waals surface area contributed by atoms with Crippen molar-refractivity contribution in [3.05, 3.63) is 29.8 Å². The lowest BCUT2D eigenvalue weighted by atomic mass is 9.82. The van der Waals surface area contributed by atoms with Crippen molar-refractivity contribution < 1.29 is 9.53 Å². The molecular weight excluding hydrogens is 298 g/mol. The number of hydrogen-bond donors (Lipinski definition) is 1. The summed E-state index contributed by atoms with van der Waals surface area (Å²) in [7, 11) is 0. The Bertz CT molecular complexity index is 507. The Morgan fingerprint density at radius 1 is 1.04 bits per heavy atom. The fourth-order valence-electron chi connectivity index (χ4n) is 2.48. The van der Waals surface area contributed by atoms with Gasteiger partial charge in [-0.3, -0.25) is 4.79 Å². The summed E-state index contributed by atoms with van der Waals surface area (Å²) in [5.74, 6) is -0.0761. The summed E-state index contributed by atoms with van der Waals surface area (Å²) >= 11 is 0. The molecule has 1 rings (SSSR count). The van der Waals surface area contributed by atoms with Crippen LogP contribution in [0.1, 0.15) is 79.2 Å². The predicted octanol–water partition coefficient (Wildman–Crippen LogP) is 5.94. The first-order valence-corrected chi connectivity index (χ1v) is 9.30. The van der Waals surface area contributed by atoms with E-state index in [0.29, 0.717) is 6.61 Å². The van der Waals surface area contributed by atoms with Crippen LogP contribution < -0.4 is 5.32 Å². The van der Waals surface area contributed by atoms with Gasteiger partial charge in [0, 0.05) is 11.2 Å². The summed E-state index contributed by atoms with van der Waals surface area (Å²) < 4.78 is 5.58. The molecule has 0 saturated carbocycles. The van der Waals surface area contributed by atoms with Crippen LogP contribution in [0.2, 0.25) is 0 Å². The smallest absolute Gasteiger partial charge is 0.312 e. The molecule has 1 unspecified atom stereocenters. The van der Waals surface area contributed by atoms with Gasteiger partial charge in [-0.25, -0.2) is 0 Å². The highest BCUT2D eigenvalue weighted by molar-refractivity contribution is 5.76. The molecule has 1 aromatic rings. The Kier molecular flexibility index (Phi) is 7.78. The summed E-state index contributed by atoms with van der Waals surface area (Å²) in [5.41, 5.74) is 1.84. The molecule has 0 aromatic heterocycles. The topological polar surface area (TPSA) is 38.3 Å². The number of unbranched alkanes of at least 4 members (excludes halogenated alkanes) is 1. The van der Waals surface area contributed by atoms with Crippen molar-refractivity contribution in [2.75, 3.05) is 5.32 Å². The molecule has 3 nitrogen and oxygen atoms in total. The number of carbonyl (C=O) groups excluding carboxylic acids is 1. The van der Waals surface area contributed by atoms with E-state index in [4.69, 9.17) is 4.74 Å². The van der Waals surface area contributed by atoms with Crippen molar-refractivity contribution in [1.82, 2.24) is 0 Å². The van der Waals surface area contributed by atoms with E-state index in [1.54, 1.807) is 0 Å². The third-order valence-corrected chi connectivity index (χ3v) is 5.05. The molecule has 1 aromatic carbocycles. The number of benzene rings is 1. The molecule has 0 aliphatic carbocycles. The van der Waals surface area contributed by atoms with E-state index in [0.717, 1.165) is 43.4 Å². The molecule has 0 spiro atoms. The van der Waals surface area contributed by atoms with E-state index in [-0.39, 0.29) is 16.9 Å². The van der Waals surface area contributed by atoms with Gasteiger partial charge in [0.15, 0.2) is 0 Å².